The van der Waals surface area contributed by atoms with Crippen molar-refractivity contribution in [3.63, 3.8) is 0 Å². The summed E-state index contributed by atoms with van der Waals surface area (Å²) >= 11 is 0. The molecule has 0 atom stereocenters. The fourth-order valence-corrected chi connectivity index (χ4v) is 1.32. The predicted molar refractivity (Wildman–Crippen MR) is 54.3 cm³/mol. The highest BCUT2D eigenvalue weighted by Crippen LogP contribution is 2.24. The van der Waals surface area contributed by atoms with Crippen molar-refractivity contribution in [1.29, 1.82) is 0 Å². The van der Waals surface area contributed by atoms with Crippen LogP contribution < -0.4 is 9.50 Å². The summed E-state index contributed by atoms with van der Waals surface area (Å²) in [5.74, 6) is -0.974. The van der Waals surface area contributed by atoms with Crippen LogP contribution in [0.25, 0.3) is 0 Å². The molecule has 1 amide bonds. The van der Waals surface area contributed by atoms with E-state index in [1.54, 1.807) is 0 Å². The molecule has 7 nitrogen and oxygen atoms in total. The maximum Gasteiger partial charge on any atom is 0.446 e. The van der Waals surface area contributed by atoms with Gasteiger partial charge in [-0.15, -0.1) is 0 Å². The van der Waals surface area contributed by atoms with Crippen molar-refractivity contribution in [2.45, 2.75) is 0 Å². The lowest BCUT2D eigenvalue weighted by Gasteiger charge is -2.08. The Hall–Kier alpha value is -1.64. The van der Waals surface area contributed by atoms with E-state index in [2.05, 4.69) is 9.50 Å². The molecule has 16 heavy (non-hydrogen) atoms. The Morgan fingerprint density at radius 3 is 2.56 bits per heavy atom. The van der Waals surface area contributed by atoms with Crippen molar-refractivity contribution in [1.82, 2.24) is 0 Å². The lowest BCUT2D eigenvalue weighted by atomic mass is 10.3. The highest BCUT2D eigenvalue weighted by Gasteiger charge is 2.12. The Balaban J connectivity index is 2.96. The molecule has 1 aromatic carbocycles. The Bertz CT molecular complexity index is 483. The predicted octanol–water partition coefficient (Wildman–Crippen LogP) is -0.201. The van der Waals surface area contributed by atoms with E-state index in [1.165, 1.54) is 24.3 Å². The molecule has 0 bridgehead atoms. The number of hydrogen-bond donors (Lipinski definition) is 3. The van der Waals surface area contributed by atoms with E-state index in [0.29, 0.717) is 0 Å². The van der Waals surface area contributed by atoms with Gasteiger partial charge in [0.25, 0.3) is 0 Å². The molecule has 0 aromatic heterocycles. The minimum Gasteiger partial charge on any atom is -0.387 e. The molecule has 0 aliphatic rings. The van der Waals surface area contributed by atoms with Crippen LogP contribution in [-0.2, 0) is 15.2 Å². The summed E-state index contributed by atoms with van der Waals surface area (Å²) in [5.41, 5.74) is 0.0270. The molecule has 0 radical (unpaired) electrons. The van der Waals surface area contributed by atoms with Gasteiger partial charge < -0.3 is 14.6 Å². The average Bonchev–Trinajstić information content (AvgIpc) is 2.18. The standard InChI is InChI=1S/C8H9NO6S/c10-5-8(11)9-6-3-1-2-4-7(6)15-16(12,13)14/h1-4,10H,5H2,(H,9,11)(H,12,13,14). The highest BCUT2D eigenvalue weighted by atomic mass is 32.3. The Kier molecular flexibility index (Phi) is 3.82. The van der Waals surface area contributed by atoms with E-state index in [4.69, 9.17) is 9.66 Å². The number of anilines is 1. The third kappa shape index (κ3) is 3.85. The van der Waals surface area contributed by atoms with Crippen molar-refractivity contribution in [3.8, 4) is 5.75 Å². The first-order valence-electron chi connectivity index (χ1n) is 4.09. The number of carbonyl (C=O) groups excluding carboxylic acids is 1. The lowest BCUT2D eigenvalue weighted by molar-refractivity contribution is -0.118. The van der Waals surface area contributed by atoms with Gasteiger partial charge in [-0.3, -0.25) is 9.35 Å². The molecule has 0 aliphatic heterocycles. The van der Waals surface area contributed by atoms with E-state index in [9.17, 15) is 13.2 Å². The zero-order valence-corrected chi connectivity index (χ0v) is 8.77. The van der Waals surface area contributed by atoms with Gasteiger partial charge in [-0.25, -0.2) is 0 Å². The molecule has 0 unspecified atom stereocenters. The maximum atomic E-state index is 10.9. The van der Waals surface area contributed by atoms with Crippen LogP contribution in [0.4, 0.5) is 5.69 Å². The van der Waals surface area contributed by atoms with Crippen LogP contribution in [0.5, 0.6) is 5.75 Å². The van der Waals surface area contributed by atoms with Crippen molar-refractivity contribution >= 4 is 22.0 Å². The zero-order chi connectivity index (χ0) is 12.2. The molecule has 0 saturated heterocycles. The Labute approximate surface area is 91.6 Å². The van der Waals surface area contributed by atoms with Gasteiger partial charge in [0.05, 0.1) is 5.69 Å². The summed E-state index contributed by atoms with van der Waals surface area (Å²) in [6.45, 7) is -0.750. The first-order chi connectivity index (χ1) is 7.42. The molecule has 3 N–H and O–H groups in total. The molecule has 0 saturated carbocycles. The summed E-state index contributed by atoms with van der Waals surface area (Å²) in [5, 5.41) is 10.7. The number of hydrogen-bond acceptors (Lipinski definition) is 5. The SMILES string of the molecule is O=C(CO)Nc1ccccc1OS(=O)(=O)O. The Morgan fingerprint density at radius 1 is 1.38 bits per heavy atom. The number of benzene rings is 1. The molecule has 1 rings (SSSR count). The van der Waals surface area contributed by atoms with E-state index in [1.807, 2.05) is 0 Å². The first-order valence-corrected chi connectivity index (χ1v) is 5.45. The van der Waals surface area contributed by atoms with Gasteiger partial charge in [-0.05, 0) is 12.1 Å². The van der Waals surface area contributed by atoms with E-state index in [0.717, 1.165) is 0 Å². The van der Waals surface area contributed by atoms with Gasteiger partial charge in [0, 0.05) is 0 Å². The molecule has 0 aliphatic carbocycles. The van der Waals surface area contributed by atoms with Crippen LogP contribution in [0, 0.1) is 0 Å². The van der Waals surface area contributed by atoms with Crippen molar-refractivity contribution in [3.05, 3.63) is 24.3 Å². The molecule has 88 valence electrons. The fourth-order valence-electron chi connectivity index (χ4n) is 0.946. The second kappa shape index (κ2) is 4.92. The fraction of sp³-hybridized carbons (Fsp3) is 0.125. The maximum absolute atomic E-state index is 10.9. The van der Waals surface area contributed by atoms with E-state index in [-0.39, 0.29) is 11.4 Å². The molecule has 0 fully saturated rings. The first kappa shape index (κ1) is 12.4. The van der Waals surface area contributed by atoms with Crippen LogP contribution in [0.2, 0.25) is 0 Å². The second-order valence-electron chi connectivity index (χ2n) is 2.71. The summed E-state index contributed by atoms with van der Waals surface area (Å²) in [7, 11) is -4.66. The van der Waals surface area contributed by atoms with Crippen LogP contribution in [0.1, 0.15) is 0 Å². The molecular formula is C8H9NO6S. The topological polar surface area (TPSA) is 113 Å². The number of rotatable bonds is 4. The number of para-hydroxylation sites is 2. The van der Waals surface area contributed by atoms with Crippen LogP contribution in [0.3, 0.4) is 0 Å². The number of carbonyl (C=O) groups is 1. The monoisotopic (exact) mass is 247 g/mol. The van der Waals surface area contributed by atoms with Gasteiger partial charge in [0.1, 0.15) is 6.61 Å². The second-order valence-corrected chi connectivity index (χ2v) is 3.74. The molecule has 0 spiro atoms. The lowest BCUT2D eigenvalue weighted by Crippen LogP contribution is -2.17. The van der Waals surface area contributed by atoms with Crippen LogP contribution in [0.15, 0.2) is 24.3 Å². The van der Waals surface area contributed by atoms with Gasteiger partial charge in [0.2, 0.25) is 5.91 Å². The van der Waals surface area contributed by atoms with Gasteiger partial charge >= 0.3 is 10.4 Å². The highest BCUT2D eigenvalue weighted by molar-refractivity contribution is 7.81. The normalized spacial score (nSPS) is 10.9. The quantitative estimate of drug-likeness (QED) is 0.635. The summed E-state index contributed by atoms with van der Waals surface area (Å²) in [4.78, 5) is 10.9. The molecule has 8 heteroatoms. The minimum absolute atomic E-state index is 0.0270. The zero-order valence-electron chi connectivity index (χ0n) is 7.95. The average molecular weight is 247 g/mol. The smallest absolute Gasteiger partial charge is 0.387 e. The number of aliphatic hydroxyl groups is 1. The van der Waals surface area contributed by atoms with Crippen molar-refractivity contribution < 1.29 is 27.1 Å². The molecule has 0 heterocycles. The number of amides is 1. The number of aliphatic hydroxyl groups excluding tert-OH is 1. The summed E-state index contributed by atoms with van der Waals surface area (Å²) in [6, 6.07) is 5.56. The third-order valence-electron chi connectivity index (χ3n) is 1.50. The third-order valence-corrected chi connectivity index (χ3v) is 1.89. The minimum atomic E-state index is -4.66. The molecule has 1 aromatic rings. The molecular weight excluding hydrogens is 238 g/mol. The summed E-state index contributed by atoms with van der Waals surface area (Å²) in [6.07, 6.45) is 0. The van der Waals surface area contributed by atoms with Gasteiger partial charge in [-0.1, -0.05) is 12.1 Å². The Morgan fingerprint density at radius 2 is 2.00 bits per heavy atom. The van der Waals surface area contributed by atoms with Gasteiger partial charge in [-0.2, -0.15) is 8.42 Å². The summed E-state index contributed by atoms with van der Waals surface area (Å²) < 4.78 is 33.6. The van der Waals surface area contributed by atoms with Crippen molar-refractivity contribution in [2.24, 2.45) is 0 Å². The van der Waals surface area contributed by atoms with Crippen LogP contribution >= 0.6 is 0 Å². The van der Waals surface area contributed by atoms with Crippen LogP contribution in [-0.4, -0.2) is 30.6 Å². The van der Waals surface area contributed by atoms with E-state index >= 15 is 0 Å². The van der Waals surface area contributed by atoms with Gasteiger partial charge in [0.15, 0.2) is 5.75 Å². The van der Waals surface area contributed by atoms with E-state index < -0.39 is 22.9 Å². The largest absolute Gasteiger partial charge is 0.446 e. The number of nitrogens with one attached hydrogen (secondary N) is 1. The van der Waals surface area contributed by atoms with Crippen molar-refractivity contribution in [2.75, 3.05) is 11.9 Å².